The molecule has 0 spiro atoms. The number of fused-ring (bicyclic) bond motifs is 3. The van der Waals surface area contributed by atoms with E-state index < -0.39 is 86.3 Å². The molecule has 0 saturated heterocycles. The Morgan fingerprint density at radius 1 is 0.529 bits per heavy atom. The summed E-state index contributed by atoms with van der Waals surface area (Å²) in [6, 6.07) is 24.1. The van der Waals surface area contributed by atoms with E-state index >= 15 is 0 Å². The maximum absolute atomic E-state index is 13.2. The fourth-order valence-corrected chi connectivity index (χ4v) is 16.3. The summed E-state index contributed by atoms with van der Waals surface area (Å²) in [6.45, 7) is -1.75. The first-order chi connectivity index (χ1) is 39.0. The van der Waals surface area contributed by atoms with Crippen molar-refractivity contribution in [3.63, 3.8) is 0 Å². The zero-order valence-corrected chi connectivity index (χ0v) is 49.1. The molecule has 0 radical (unpaired) electrons. The van der Waals surface area contributed by atoms with Gasteiger partial charge in [-0.1, -0.05) is 83.7 Å². The standard InChI is InChI=1S/C18H14ClF3N2O4S2.C17H12ClF3N2O4S2.C15H11ClN2O4S2.2CH4/c1-28-17(25)11-4-6-12(7-5-11)30(26,27)24(10-8-18(20,21)22)16-14(19)13-3-2-9-23-15(13)29-16;18-13-12-2-1-8-22-14(12)28-15(13)23(9-7-17(19,20)21)29(26,27)11-5-3-10(4-6-11)16(24)25;1-22-15(19)9-4-6-10(7-5-9)24(20,21)18-14-12(16)11-3-2-8-17-13(11)23-14;;/h2-7,9H,8,10H2,1H3;1-6,8H,7,9H2,(H,24,25);2-8,18H,1H3;2*1H4. The smallest absolute Gasteiger partial charge is 0.390 e. The molecular weight excluding hydrogens is 1310 g/mol. The van der Waals surface area contributed by atoms with Crippen LogP contribution in [0, 0.1) is 0 Å². The lowest BCUT2D eigenvalue weighted by atomic mass is 10.2. The van der Waals surface area contributed by atoms with E-state index in [2.05, 4.69) is 29.1 Å². The minimum absolute atomic E-state index is 0. The van der Waals surface area contributed by atoms with Gasteiger partial charge in [0.05, 0.1) is 73.5 Å². The van der Waals surface area contributed by atoms with Gasteiger partial charge in [-0.25, -0.2) is 54.6 Å². The average Bonchev–Trinajstić information content (AvgIpc) is 2.89. The van der Waals surface area contributed by atoms with Crippen molar-refractivity contribution in [3.8, 4) is 0 Å². The summed E-state index contributed by atoms with van der Waals surface area (Å²) in [5.74, 6) is -2.47. The molecule has 0 atom stereocenters. The quantitative estimate of drug-likeness (QED) is 0.0674. The second-order valence-electron chi connectivity index (χ2n) is 16.6. The third-order valence-electron chi connectivity index (χ3n) is 11.2. The van der Waals surface area contributed by atoms with Gasteiger partial charge in [-0.2, -0.15) is 26.3 Å². The van der Waals surface area contributed by atoms with Gasteiger partial charge in [-0.3, -0.25) is 13.3 Å². The number of thiophene rings is 3. The summed E-state index contributed by atoms with van der Waals surface area (Å²) in [6.07, 6.45) is -7.40. The summed E-state index contributed by atoms with van der Waals surface area (Å²) in [4.78, 5) is 47.0. The number of alkyl halides is 6. The van der Waals surface area contributed by atoms with Crippen molar-refractivity contribution in [1.82, 2.24) is 15.0 Å². The highest BCUT2D eigenvalue weighted by Crippen LogP contribution is 2.45. The van der Waals surface area contributed by atoms with Crippen LogP contribution in [0.4, 0.5) is 41.3 Å². The molecule has 0 unspecified atom stereocenters. The number of esters is 2. The zero-order valence-electron chi connectivity index (χ0n) is 42.0. The van der Waals surface area contributed by atoms with E-state index in [0.29, 0.717) is 49.3 Å². The minimum atomic E-state index is -4.59. The Morgan fingerprint density at radius 3 is 1.18 bits per heavy atom. The highest BCUT2D eigenvalue weighted by atomic mass is 35.5. The van der Waals surface area contributed by atoms with Crippen LogP contribution in [0.3, 0.4) is 0 Å². The van der Waals surface area contributed by atoms with E-state index in [1.54, 1.807) is 42.6 Å². The van der Waals surface area contributed by atoms with Gasteiger partial charge >= 0.3 is 30.3 Å². The second-order valence-corrected chi connectivity index (χ2v) is 26.1. The van der Waals surface area contributed by atoms with E-state index in [0.717, 1.165) is 70.4 Å². The number of rotatable bonds is 16. The number of ether oxygens (including phenoxy) is 2. The van der Waals surface area contributed by atoms with Gasteiger partial charge in [0.25, 0.3) is 30.1 Å². The number of carboxylic acids is 1. The van der Waals surface area contributed by atoms with Crippen LogP contribution in [0.2, 0.25) is 15.1 Å². The number of aromatic nitrogens is 3. The molecule has 6 aromatic heterocycles. The van der Waals surface area contributed by atoms with E-state index in [1.165, 1.54) is 63.0 Å². The lowest BCUT2D eigenvalue weighted by Gasteiger charge is -2.24. The summed E-state index contributed by atoms with van der Waals surface area (Å²) < 4.78 is 168. The first-order valence-corrected chi connectivity index (χ1v) is 30.9. The van der Waals surface area contributed by atoms with Crippen LogP contribution in [-0.4, -0.2) is 103 Å². The van der Waals surface area contributed by atoms with Crippen molar-refractivity contribution >= 4 is 162 Å². The topological polar surface area (TPSA) is 250 Å². The highest BCUT2D eigenvalue weighted by Gasteiger charge is 2.37. The van der Waals surface area contributed by atoms with Crippen molar-refractivity contribution < 1.29 is 80.6 Å². The fourth-order valence-electron chi connectivity index (χ4n) is 7.16. The number of carboxylic acid groups (broad SMARTS) is 1. The summed E-state index contributed by atoms with van der Waals surface area (Å²) in [5.41, 5.74) is 0.206. The monoisotopic (exact) mass is 1360 g/mol. The lowest BCUT2D eigenvalue weighted by molar-refractivity contribution is -0.132. The van der Waals surface area contributed by atoms with Crippen molar-refractivity contribution in [3.05, 3.63) is 160 Å². The number of hydrogen-bond acceptors (Lipinski definition) is 17. The average molecular weight is 1360 g/mol. The molecule has 0 aliphatic rings. The number of anilines is 3. The molecule has 2 N–H and O–H groups in total. The number of pyridine rings is 3. The molecule has 0 saturated carbocycles. The predicted molar refractivity (Wildman–Crippen MR) is 318 cm³/mol. The third-order valence-corrected chi connectivity index (χ3v) is 21.3. The molecule has 18 nitrogen and oxygen atoms in total. The van der Waals surface area contributed by atoms with E-state index in [4.69, 9.17) is 39.9 Å². The first kappa shape index (κ1) is 68.9. The summed E-state index contributed by atoms with van der Waals surface area (Å²) in [5, 5.41) is 10.9. The van der Waals surface area contributed by atoms with Crippen LogP contribution in [0.25, 0.3) is 30.6 Å². The van der Waals surface area contributed by atoms with Gasteiger partial charge in [-0.05, 0) is 109 Å². The first-order valence-electron chi connectivity index (χ1n) is 23.0. The lowest BCUT2D eigenvalue weighted by Crippen LogP contribution is -2.34. The molecule has 0 amide bonds. The highest BCUT2D eigenvalue weighted by molar-refractivity contribution is 7.93. The number of benzene rings is 3. The Labute approximate surface area is 509 Å². The molecule has 0 aliphatic carbocycles. The Kier molecular flexibility index (Phi) is 22.8. The maximum Gasteiger partial charge on any atom is 0.390 e. The van der Waals surface area contributed by atoms with Gasteiger partial charge in [0.2, 0.25) is 0 Å². The van der Waals surface area contributed by atoms with Crippen molar-refractivity contribution in [2.75, 3.05) is 40.6 Å². The largest absolute Gasteiger partial charge is 0.478 e. The van der Waals surface area contributed by atoms with Crippen LogP contribution >= 0.6 is 68.8 Å². The predicted octanol–water partition coefficient (Wildman–Crippen LogP) is 14.5. The molecule has 0 bridgehead atoms. The number of carbonyl (C=O) groups excluding carboxylic acids is 2. The molecular formula is C52H45Cl3F6N6O12S6. The number of methoxy groups -OCH3 is 2. The zero-order chi connectivity index (χ0) is 60.8. The number of sulfonamides is 3. The molecule has 9 aromatic rings. The molecule has 6 heterocycles. The molecule has 3 aromatic carbocycles. The maximum atomic E-state index is 13.2. The van der Waals surface area contributed by atoms with Crippen molar-refractivity contribution in [2.45, 2.75) is 54.7 Å². The number of nitrogens with zero attached hydrogens (tertiary/aromatic N) is 5. The van der Waals surface area contributed by atoms with Crippen molar-refractivity contribution in [1.29, 1.82) is 0 Å². The molecule has 0 aliphatic heterocycles. The Bertz CT molecular complexity index is 4210. The number of nitrogens with one attached hydrogen (secondary N) is 1. The summed E-state index contributed by atoms with van der Waals surface area (Å²) >= 11 is 21.7. The number of carbonyl (C=O) groups is 3. The van der Waals surface area contributed by atoms with E-state index in [-0.39, 0.29) is 66.3 Å². The Morgan fingerprint density at radius 2 is 0.859 bits per heavy atom. The number of aromatic carboxylic acids is 1. The van der Waals surface area contributed by atoms with Gasteiger partial charge in [-0.15, -0.1) is 0 Å². The molecule has 0 fully saturated rings. The minimum Gasteiger partial charge on any atom is -0.478 e. The Hall–Kier alpha value is -6.90. The van der Waals surface area contributed by atoms with E-state index in [1.807, 2.05) is 0 Å². The van der Waals surface area contributed by atoms with Crippen molar-refractivity contribution in [2.24, 2.45) is 0 Å². The number of halogens is 9. The van der Waals surface area contributed by atoms with E-state index in [9.17, 15) is 66.0 Å². The number of hydrogen-bond donors (Lipinski definition) is 2. The third kappa shape index (κ3) is 16.3. The van der Waals surface area contributed by atoms with Crippen LogP contribution in [0.5, 0.6) is 0 Å². The summed E-state index contributed by atoms with van der Waals surface area (Å²) in [7, 11) is -10.3. The van der Waals surface area contributed by atoms with Gasteiger partial charge in [0.15, 0.2) is 0 Å². The van der Waals surface area contributed by atoms with Gasteiger partial charge in [0, 0.05) is 47.8 Å². The molecule has 85 heavy (non-hydrogen) atoms. The molecule has 454 valence electrons. The molecule has 9 rings (SSSR count). The van der Waals surface area contributed by atoms with Gasteiger partial charge in [0.1, 0.15) is 29.5 Å². The van der Waals surface area contributed by atoms with Crippen LogP contribution < -0.4 is 13.3 Å². The SMILES string of the molecule is C.C.COC(=O)c1ccc(S(=O)(=O)N(CCC(F)(F)F)c2sc3ncccc3c2Cl)cc1.COC(=O)c1ccc(S(=O)(=O)Nc2sc3ncccc3c2Cl)cc1.O=C(O)c1ccc(S(=O)(=O)N(CCC(F)(F)F)c2sc3ncccc3c2Cl)cc1. The van der Waals surface area contributed by atoms with Crippen LogP contribution in [0.15, 0.2) is 142 Å². The van der Waals surface area contributed by atoms with Crippen LogP contribution in [-0.2, 0) is 39.5 Å². The Balaban J connectivity index is 0.000000232. The normalized spacial score (nSPS) is 11.7. The van der Waals surface area contributed by atoms with Crippen LogP contribution in [0.1, 0.15) is 58.8 Å². The fraction of sp³-hybridized carbons (Fsp3) is 0.192. The molecule has 33 heteroatoms. The second kappa shape index (κ2) is 28.1. The van der Waals surface area contributed by atoms with Gasteiger partial charge < -0.3 is 14.6 Å².